The molecular weight excluding hydrogens is 546 g/mol. The zero-order valence-corrected chi connectivity index (χ0v) is 24.0. The van der Waals surface area contributed by atoms with Crippen molar-refractivity contribution in [1.29, 1.82) is 0 Å². The number of nitrogens with zero attached hydrogens (tertiary/aromatic N) is 7. The molecule has 3 aromatic heterocycles. The number of anilines is 2. The average molecular weight is 578 g/mol. The van der Waals surface area contributed by atoms with Gasteiger partial charge in [0.05, 0.1) is 40.3 Å². The molecule has 0 spiro atoms. The minimum atomic E-state index is -1.29. The number of fused-ring (bicyclic) bond motifs is 1. The highest BCUT2D eigenvalue weighted by Crippen LogP contribution is 2.36. The number of hydrogen-bond acceptors (Lipinski definition) is 8. The number of aromatic carboxylic acids is 1. The van der Waals surface area contributed by atoms with Crippen LogP contribution in [0.3, 0.4) is 0 Å². The second kappa shape index (κ2) is 10.7. The first-order valence-electron chi connectivity index (χ1n) is 13.6. The van der Waals surface area contributed by atoms with Gasteiger partial charge in [-0.1, -0.05) is 11.6 Å². The topological polar surface area (TPSA) is 109 Å². The van der Waals surface area contributed by atoms with Gasteiger partial charge in [0.15, 0.2) is 0 Å². The molecule has 2 saturated heterocycles. The third-order valence-corrected chi connectivity index (χ3v) is 8.42. The van der Waals surface area contributed by atoms with Crippen molar-refractivity contribution in [3.63, 3.8) is 0 Å². The summed E-state index contributed by atoms with van der Waals surface area (Å²) in [4.78, 5) is 36.5. The Morgan fingerprint density at radius 1 is 1.22 bits per heavy atom. The second-order valence-corrected chi connectivity index (χ2v) is 11.3. The molecule has 1 atom stereocenters. The van der Waals surface area contributed by atoms with Gasteiger partial charge in [0.25, 0.3) is 0 Å². The van der Waals surface area contributed by atoms with Crippen molar-refractivity contribution in [2.24, 2.45) is 7.05 Å². The first-order chi connectivity index (χ1) is 19.7. The molecule has 5 heterocycles. The largest absolute Gasteiger partial charge is 0.477 e. The quantitative estimate of drug-likeness (QED) is 0.337. The molecule has 12 heteroatoms. The third kappa shape index (κ3) is 5.00. The van der Waals surface area contributed by atoms with Crippen molar-refractivity contribution >= 4 is 40.0 Å². The summed E-state index contributed by atoms with van der Waals surface area (Å²) >= 11 is 6.77. The zero-order valence-electron chi connectivity index (χ0n) is 23.2. The van der Waals surface area contributed by atoms with Crippen LogP contribution in [0.1, 0.15) is 23.2 Å². The van der Waals surface area contributed by atoms with Crippen molar-refractivity contribution in [3.8, 4) is 11.6 Å². The molecule has 2 fully saturated rings. The van der Waals surface area contributed by atoms with Crippen LogP contribution < -0.4 is 20.0 Å². The summed E-state index contributed by atoms with van der Waals surface area (Å²) in [6.45, 7) is 3.02. The molecule has 4 aromatic rings. The lowest BCUT2D eigenvalue weighted by molar-refractivity contribution is 0.0695. The summed E-state index contributed by atoms with van der Waals surface area (Å²) < 4.78 is 9.44. The average Bonchev–Trinajstić information content (AvgIpc) is 3.55. The van der Waals surface area contributed by atoms with Gasteiger partial charge in [0.1, 0.15) is 18.0 Å². The molecule has 6 rings (SSSR count). The molecule has 0 saturated carbocycles. The van der Waals surface area contributed by atoms with Gasteiger partial charge < -0.3 is 29.1 Å². The lowest BCUT2D eigenvalue weighted by atomic mass is 10.1. The molecule has 2 aliphatic heterocycles. The highest BCUT2D eigenvalue weighted by atomic mass is 35.5. The molecule has 214 valence electrons. The molecule has 1 aromatic carbocycles. The SMILES string of the molecule is CN(C)C1CN(c2ccc(-n3cc(C(=O)O)c(=O)c4cc(Cl)c(N5CCC[C@@H]5COc5ccnn5C)cc43)cn2)C1. The van der Waals surface area contributed by atoms with Gasteiger partial charge in [-0.25, -0.2) is 14.5 Å². The molecule has 1 N–H and O–H groups in total. The normalized spacial score (nSPS) is 17.4. The third-order valence-electron chi connectivity index (χ3n) is 8.12. The van der Waals surface area contributed by atoms with E-state index in [2.05, 4.69) is 38.9 Å². The van der Waals surface area contributed by atoms with Crippen molar-refractivity contribution < 1.29 is 14.6 Å². The Morgan fingerprint density at radius 2 is 2.02 bits per heavy atom. The van der Waals surface area contributed by atoms with Crippen LogP contribution in [0.15, 0.2) is 53.7 Å². The number of aromatic nitrogens is 4. The van der Waals surface area contributed by atoms with Crippen LogP contribution in [0.25, 0.3) is 16.6 Å². The van der Waals surface area contributed by atoms with Crippen molar-refractivity contribution in [1.82, 2.24) is 24.2 Å². The van der Waals surface area contributed by atoms with Crippen molar-refractivity contribution in [3.05, 3.63) is 69.7 Å². The molecule has 2 aliphatic rings. The Hall–Kier alpha value is -4.09. The molecule has 0 amide bonds. The molecular formula is C29H32ClN7O4. The predicted molar refractivity (Wildman–Crippen MR) is 158 cm³/mol. The maximum Gasteiger partial charge on any atom is 0.341 e. The standard InChI is InChI=1S/C29H32ClN7O4/c1-33(2)20-14-35(15-20)26-7-6-18(13-31-26)37-16-22(29(39)40)28(38)21-11-23(30)25(12-24(21)37)36-10-4-5-19(36)17-41-27-8-9-32-34(27)3/h6-9,11-13,16,19-20H,4-5,10,14-15,17H2,1-3H3,(H,39,40)/t19-/m1/s1. The maximum absolute atomic E-state index is 13.2. The van der Waals surface area contributed by atoms with Crippen LogP contribution in [0, 0.1) is 0 Å². The van der Waals surface area contributed by atoms with Crippen LogP contribution in [0.2, 0.25) is 5.02 Å². The number of carboxylic acid groups (broad SMARTS) is 1. The van der Waals surface area contributed by atoms with E-state index >= 15 is 0 Å². The van der Waals surface area contributed by atoms with Crippen LogP contribution in [-0.2, 0) is 7.05 Å². The van der Waals surface area contributed by atoms with Crippen LogP contribution >= 0.6 is 11.6 Å². The predicted octanol–water partition coefficient (Wildman–Crippen LogP) is 3.27. The number of ether oxygens (including phenoxy) is 1. The van der Waals surface area contributed by atoms with E-state index in [4.69, 9.17) is 16.3 Å². The fourth-order valence-corrected chi connectivity index (χ4v) is 5.88. The van der Waals surface area contributed by atoms with E-state index < -0.39 is 11.4 Å². The lowest BCUT2D eigenvalue weighted by Crippen LogP contribution is -2.57. The van der Waals surface area contributed by atoms with Gasteiger partial charge >= 0.3 is 5.97 Å². The number of halogens is 1. The van der Waals surface area contributed by atoms with Crippen molar-refractivity contribution in [2.75, 3.05) is 50.1 Å². The number of pyridine rings is 2. The minimum Gasteiger partial charge on any atom is -0.477 e. The summed E-state index contributed by atoms with van der Waals surface area (Å²) in [5, 5.41) is 14.6. The molecule has 0 aliphatic carbocycles. The highest BCUT2D eigenvalue weighted by molar-refractivity contribution is 6.34. The summed E-state index contributed by atoms with van der Waals surface area (Å²) in [5.74, 6) is 0.244. The Morgan fingerprint density at radius 3 is 2.68 bits per heavy atom. The number of carbonyl (C=O) groups is 1. The fourth-order valence-electron chi connectivity index (χ4n) is 5.61. The molecule has 41 heavy (non-hydrogen) atoms. The fraction of sp³-hybridized carbons (Fsp3) is 0.379. The second-order valence-electron chi connectivity index (χ2n) is 10.9. The first-order valence-corrected chi connectivity index (χ1v) is 14.0. The maximum atomic E-state index is 13.2. The van der Waals surface area contributed by atoms with Gasteiger partial charge in [0.2, 0.25) is 11.3 Å². The van der Waals surface area contributed by atoms with Crippen LogP contribution in [0.5, 0.6) is 5.88 Å². The summed E-state index contributed by atoms with van der Waals surface area (Å²) in [5.41, 5.74) is 1.08. The van der Waals surface area contributed by atoms with Gasteiger partial charge in [-0.3, -0.25) is 4.79 Å². The number of likely N-dealkylation sites (N-methyl/N-ethyl adjacent to an activating group) is 1. The summed E-state index contributed by atoms with van der Waals surface area (Å²) in [6, 6.07) is 9.66. The van der Waals surface area contributed by atoms with Crippen LogP contribution in [-0.4, -0.2) is 87.7 Å². The summed E-state index contributed by atoms with van der Waals surface area (Å²) in [7, 11) is 5.97. The number of carboxylic acids is 1. The van der Waals surface area contributed by atoms with E-state index in [1.807, 2.05) is 31.3 Å². The smallest absolute Gasteiger partial charge is 0.341 e. The Bertz CT molecular complexity index is 1660. The van der Waals surface area contributed by atoms with E-state index in [0.29, 0.717) is 34.8 Å². The molecule has 0 bridgehead atoms. The van der Waals surface area contributed by atoms with Gasteiger partial charge in [0, 0.05) is 50.4 Å². The molecule has 0 unspecified atom stereocenters. The monoisotopic (exact) mass is 577 g/mol. The first kappa shape index (κ1) is 27.1. The van der Waals surface area contributed by atoms with E-state index in [-0.39, 0.29) is 17.0 Å². The summed E-state index contributed by atoms with van der Waals surface area (Å²) in [6.07, 6.45) is 6.67. The van der Waals surface area contributed by atoms with Gasteiger partial charge in [-0.05, 0) is 51.2 Å². The lowest BCUT2D eigenvalue weighted by Gasteiger charge is -2.43. The van der Waals surface area contributed by atoms with Crippen LogP contribution in [0.4, 0.5) is 11.5 Å². The number of aryl methyl sites for hydroxylation is 1. The number of benzene rings is 1. The molecule has 11 nitrogen and oxygen atoms in total. The Kier molecular flexibility index (Phi) is 7.08. The molecule has 0 radical (unpaired) electrons. The number of rotatable bonds is 8. The van der Waals surface area contributed by atoms with E-state index in [9.17, 15) is 14.7 Å². The van der Waals surface area contributed by atoms with Crippen molar-refractivity contribution in [2.45, 2.75) is 24.9 Å². The van der Waals surface area contributed by atoms with Gasteiger partial charge in [-0.2, -0.15) is 5.10 Å². The van der Waals surface area contributed by atoms with E-state index in [1.54, 1.807) is 27.7 Å². The minimum absolute atomic E-state index is 0.0711. The van der Waals surface area contributed by atoms with E-state index in [0.717, 1.165) is 44.0 Å². The Balaban J connectivity index is 1.37. The van der Waals surface area contributed by atoms with E-state index in [1.165, 1.54) is 6.20 Å². The zero-order chi connectivity index (χ0) is 28.8. The van der Waals surface area contributed by atoms with Gasteiger partial charge in [-0.15, -0.1) is 0 Å². The number of hydrogen-bond donors (Lipinski definition) is 1. The Labute approximate surface area is 242 Å². The highest BCUT2D eigenvalue weighted by Gasteiger charge is 2.30.